The van der Waals surface area contributed by atoms with Crippen molar-refractivity contribution in [2.24, 2.45) is 5.92 Å². The zero-order valence-electron chi connectivity index (χ0n) is 8.92. The van der Waals surface area contributed by atoms with E-state index in [0.717, 1.165) is 0 Å². The van der Waals surface area contributed by atoms with E-state index in [1.165, 1.54) is 6.20 Å². The molecule has 15 heavy (non-hydrogen) atoms. The van der Waals surface area contributed by atoms with Crippen LogP contribution in [0.5, 0.6) is 0 Å². The van der Waals surface area contributed by atoms with Gasteiger partial charge in [-0.3, -0.25) is 9.48 Å². The number of carbonyl (C=O) groups is 1. The van der Waals surface area contributed by atoms with Crippen LogP contribution in [-0.2, 0) is 11.3 Å². The first kappa shape index (κ1) is 11.7. The number of aliphatic hydroxyl groups excluding tert-OH is 1. The molecule has 0 aliphatic carbocycles. The SMILES string of the molecule is CCC(C(=O)O)C(O)c1cnn(CC)c1. The van der Waals surface area contributed by atoms with Crippen molar-refractivity contribution in [1.82, 2.24) is 9.78 Å². The van der Waals surface area contributed by atoms with E-state index in [0.29, 0.717) is 18.5 Å². The molecule has 0 aliphatic heterocycles. The second-order valence-electron chi connectivity index (χ2n) is 3.43. The minimum absolute atomic E-state index is 0.397. The number of aliphatic carboxylic acids is 1. The van der Waals surface area contributed by atoms with Crippen molar-refractivity contribution in [1.29, 1.82) is 0 Å². The van der Waals surface area contributed by atoms with Gasteiger partial charge in [-0.2, -0.15) is 5.10 Å². The normalized spacial score (nSPS) is 14.9. The van der Waals surface area contributed by atoms with Crippen LogP contribution < -0.4 is 0 Å². The third-order valence-corrected chi connectivity index (χ3v) is 2.46. The summed E-state index contributed by atoms with van der Waals surface area (Å²) in [6, 6.07) is 0. The number of nitrogens with zero attached hydrogens (tertiary/aromatic N) is 2. The Kier molecular flexibility index (Phi) is 3.85. The fourth-order valence-corrected chi connectivity index (χ4v) is 1.47. The number of carboxylic acids is 1. The molecular formula is C10H16N2O3. The van der Waals surface area contributed by atoms with E-state index in [1.54, 1.807) is 17.8 Å². The van der Waals surface area contributed by atoms with Gasteiger partial charge in [0.05, 0.1) is 18.2 Å². The second-order valence-corrected chi connectivity index (χ2v) is 3.43. The first-order valence-corrected chi connectivity index (χ1v) is 5.03. The van der Waals surface area contributed by atoms with Crippen molar-refractivity contribution in [2.45, 2.75) is 32.9 Å². The summed E-state index contributed by atoms with van der Waals surface area (Å²) in [5, 5.41) is 22.7. The largest absolute Gasteiger partial charge is 0.481 e. The minimum Gasteiger partial charge on any atom is -0.481 e. The smallest absolute Gasteiger partial charge is 0.309 e. The van der Waals surface area contributed by atoms with E-state index in [9.17, 15) is 9.90 Å². The summed E-state index contributed by atoms with van der Waals surface area (Å²) >= 11 is 0. The van der Waals surface area contributed by atoms with Crippen molar-refractivity contribution in [2.75, 3.05) is 0 Å². The molecule has 0 radical (unpaired) electrons. The van der Waals surface area contributed by atoms with Gasteiger partial charge in [0.1, 0.15) is 0 Å². The van der Waals surface area contributed by atoms with Crippen molar-refractivity contribution < 1.29 is 15.0 Å². The number of aryl methyl sites for hydroxylation is 1. The molecule has 2 N–H and O–H groups in total. The summed E-state index contributed by atoms with van der Waals surface area (Å²) in [5.74, 6) is -1.74. The molecule has 5 nitrogen and oxygen atoms in total. The van der Waals surface area contributed by atoms with Gasteiger partial charge in [-0.05, 0) is 13.3 Å². The summed E-state index contributed by atoms with van der Waals surface area (Å²) in [6.45, 7) is 4.38. The molecule has 0 aromatic carbocycles. The maximum atomic E-state index is 10.8. The molecule has 0 saturated carbocycles. The second kappa shape index (κ2) is 4.93. The predicted molar refractivity (Wildman–Crippen MR) is 54.3 cm³/mol. The minimum atomic E-state index is -0.979. The highest BCUT2D eigenvalue weighted by atomic mass is 16.4. The van der Waals surface area contributed by atoms with E-state index >= 15 is 0 Å². The van der Waals surface area contributed by atoms with E-state index in [-0.39, 0.29) is 0 Å². The first-order chi connectivity index (χ1) is 7.10. The molecule has 0 bridgehead atoms. The summed E-state index contributed by atoms with van der Waals surface area (Å²) in [6.07, 6.45) is 2.61. The van der Waals surface area contributed by atoms with Crippen LogP contribution >= 0.6 is 0 Å². The van der Waals surface area contributed by atoms with Crippen LogP contribution in [0.25, 0.3) is 0 Å². The summed E-state index contributed by atoms with van der Waals surface area (Å²) in [7, 11) is 0. The Morgan fingerprint density at radius 2 is 2.27 bits per heavy atom. The lowest BCUT2D eigenvalue weighted by atomic mass is 9.96. The number of hydrogen-bond acceptors (Lipinski definition) is 3. The molecule has 84 valence electrons. The van der Waals surface area contributed by atoms with Gasteiger partial charge in [0.25, 0.3) is 0 Å². The van der Waals surface area contributed by atoms with Gasteiger partial charge in [0.15, 0.2) is 0 Å². The molecule has 0 aliphatic rings. The fourth-order valence-electron chi connectivity index (χ4n) is 1.47. The number of aliphatic hydroxyl groups is 1. The first-order valence-electron chi connectivity index (χ1n) is 5.03. The van der Waals surface area contributed by atoms with Crippen LogP contribution in [-0.4, -0.2) is 26.0 Å². The molecule has 0 amide bonds. The van der Waals surface area contributed by atoms with Crippen LogP contribution in [0, 0.1) is 5.92 Å². The monoisotopic (exact) mass is 212 g/mol. The maximum absolute atomic E-state index is 10.8. The molecule has 0 fully saturated rings. The topological polar surface area (TPSA) is 75.3 Å². The summed E-state index contributed by atoms with van der Waals surface area (Å²) in [4.78, 5) is 10.8. The quantitative estimate of drug-likeness (QED) is 0.764. The third-order valence-electron chi connectivity index (χ3n) is 2.46. The van der Waals surface area contributed by atoms with Crippen LogP contribution in [0.1, 0.15) is 31.9 Å². The highest BCUT2D eigenvalue weighted by molar-refractivity contribution is 5.70. The Bertz CT molecular complexity index is 335. The van der Waals surface area contributed by atoms with Crippen LogP contribution in [0.2, 0.25) is 0 Å². The van der Waals surface area contributed by atoms with Gasteiger partial charge in [-0.15, -0.1) is 0 Å². The maximum Gasteiger partial charge on any atom is 0.309 e. The molecule has 1 rings (SSSR count). The Hall–Kier alpha value is -1.36. The van der Waals surface area contributed by atoms with Crippen molar-refractivity contribution in [3.05, 3.63) is 18.0 Å². The Morgan fingerprint density at radius 1 is 1.60 bits per heavy atom. The van der Waals surface area contributed by atoms with E-state index in [1.807, 2.05) is 6.92 Å². The Morgan fingerprint density at radius 3 is 2.67 bits per heavy atom. The molecule has 1 aromatic heterocycles. The average molecular weight is 212 g/mol. The van der Waals surface area contributed by atoms with E-state index in [4.69, 9.17) is 5.11 Å². The average Bonchev–Trinajstić information content (AvgIpc) is 2.66. The Labute approximate surface area is 88.3 Å². The van der Waals surface area contributed by atoms with Gasteiger partial charge >= 0.3 is 5.97 Å². The van der Waals surface area contributed by atoms with Crippen LogP contribution in [0.3, 0.4) is 0 Å². The van der Waals surface area contributed by atoms with Crippen molar-refractivity contribution >= 4 is 5.97 Å². The fraction of sp³-hybridized carbons (Fsp3) is 0.600. The highest BCUT2D eigenvalue weighted by Crippen LogP contribution is 2.24. The molecule has 2 atom stereocenters. The van der Waals surface area contributed by atoms with Gasteiger partial charge in [0.2, 0.25) is 0 Å². The molecular weight excluding hydrogens is 196 g/mol. The van der Waals surface area contributed by atoms with E-state index < -0.39 is 18.0 Å². The zero-order valence-corrected chi connectivity index (χ0v) is 8.92. The molecule has 0 saturated heterocycles. The lowest BCUT2D eigenvalue weighted by molar-refractivity contribution is -0.146. The number of carboxylic acid groups (broad SMARTS) is 1. The molecule has 5 heteroatoms. The standard InChI is InChI=1S/C10H16N2O3/c1-3-8(10(14)15)9(13)7-5-11-12(4-2)6-7/h5-6,8-9,13H,3-4H2,1-2H3,(H,14,15). The lowest BCUT2D eigenvalue weighted by Gasteiger charge is -2.15. The predicted octanol–water partition coefficient (Wildman–Crippen LogP) is 1.05. The Balaban J connectivity index is 2.82. The third kappa shape index (κ3) is 2.56. The van der Waals surface area contributed by atoms with Gasteiger partial charge in [-0.25, -0.2) is 0 Å². The van der Waals surface area contributed by atoms with Crippen molar-refractivity contribution in [3.63, 3.8) is 0 Å². The van der Waals surface area contributed by atoms with Gasteiger partial charge in [-0.1, -0.05) is 6.92 Å². The number of rotatable bonds is 5. The van der Waals surface area contributed by atoms with Gasteiger partial charge < -0.3 is 10.2 Å². The van der Waals surface area contributed by atoms with Gasteiger partial charge in [0, 0.05) is 18.3 Å². The summed E-state index contributed by atoms with van der Waals surface area (Å²) in [5.41, 5.74) is 0.561. The number of hydrogen-bond donors (Lipinski definition) is 2. The number of aromatic nitrogens is 2. The van der Waals surface area contributed by atoms with E-state index in [2.05, 4.69) is 5.10 Å². The van der Waals surface area contributed by atoms with Crippen LogP contribution in [0.4, 0.5) is 0 Å². The van der Waals surface area contributed by atoms with Crippen molar-refractivity contribution in [3.8, 4) is 0 Å². The molecule has 1 aromatic rings. The zero-order chi connectivity index (χ0) is 11.4. The summed E-state index contributed by atoms with van der Waals surface area (Å²) < 4.78 is 1.66. The molecule has 1 heterocycles. The molecule has 0 spiro atoms. The molecule has 2 unspecified atom stereocenters. The highest BCUT2D eigenvalue weighted by Gasteiger charge is 2.26. The lowest BCUT2D eigenvalue weighted by Crippen LogP contribution is -2.20. The van der Waals surface area contributed by atoms with Crippen LogP contribution in [0.15, 0.2) is 12.4 Å².